The van der Waals surface area contributed by atoms with Crippen molar-refractivity contribution in [3.63, 3.8) is 0 Å². The summed E-state index contributed by atoms with van der Waals surface area (Å²) in [5.41, 5.74) is 0. The quantitative estimate of drug-likeness (QED) is 0.622. The van der Waals surface area contributed by atoms with Crippen molar-refractivity contribution in [2.75, 3.05) is 33.8 Å². The third-order valence-corrected chi connectivity index (χ3v) is 3.72. The molecule has 0 aromatic carbocycles. The minimum atomic E-state index is -0.259. The van der Waals surface area contributed by atoms with Gasteiger partial charge in [-0.25, -0.2) is 0 Å². The maximum absolute atomic E-state index is 12.2. The van der Waals surface area contributed by atoms with E-state index in [9.17, 15) is 14.4 Å². The molecule has 2 aliphatic heterocycles. The van der Waals surface area contributed by atoms with Gasteiger partial charge >= 0.3 is 5.97 Å². The van der Waals surface area contributed by atoms with Crippen LogP contribution in [0.1, 0.15) is 12.8 Å². The van der Waals surface area contributed by atoms with E-state index in [4.69, 9.17) is 0 Å². The molecule has 0 aliphatic carbocycles. The fourth-order valence-corrected chi connectivity index (χ4v) is 2.61. The molecule has 0 aromatic heterocycles. The molecule has 0 aromatic rings. The number of esters is 1. The Hall–Kier alpha value is -1.59. The third kappa shape index (κ3) is 2.32. The molecule has 2 atom stereocenters. The molecule has 6 nitrogen and oxygen atoms in total. The van der Waals surface area contributed by atoms with Gasteiger partial charge in [-0.3, -0.25) is 14.4 Å². The van der Waals surface area contributed by atoms with Gasteiger partial charge in [-0.05, 0) is 6.42 Å². The highest BCUT2D eigenvalue weighted by molar-refractivity contribution is 5.89. The fourth-order valence-electron chi connectivity index (χ4n) is 2.61. The molecule has 2 saturated heterocycles. The smallest absolute Gasteiger partial charge is 0.310 e. The highest BCUT2D eigenvalue weighted by atomic mass is 16.5. The van der Waals surface area contributed by atoms with E-state index < -0.39 is 0 Å². The van der Waals surface area contributed by atoms with Crippen molar-refractivity contribution >= 4 is 17.8 Å². The van der Waals surface area contributed by atoms with Gasteiger partial charge in [-0.15, -0.1) is 0 Å². The SMILES string of the molecule is COC(=O)C1CCN(C(=O)C2CC(=O)N(C)C2)C1. The Kier molecular flexibility index (Phi) is 3.54. The van der Waals surface area contributed by atoms with Gasteiger partial charge in [0.1, 0.15) is 0 Å². The van der Waals surface area contributed by atoms with E-state index in [1.807, 2.05) is 0 Å². The molecule has 2 amide bonds. The van der Waals surface area contributed by atoms with Crippen molar-refractivity contribution < 1.29 is 19.1 Å². The summed E-state index contributed by atoms with van der Waals surface area (Å²) < 4.78 is 4.68. The number of likely N-dealkylation sites (tertiary alicyclic amines) is 2. The first-order chi connectivity index (χ1) is 8.52. The summed E-state index contributed by atoms with van der Waals surface area (Å²) >= 11 is 0. The van der Waals surface area contributed by atoms with Crippen molar-refractivity contribution in [3.05, 3.63) is 0 Å². The second-order valence-electron chi connectivity index (χ2n) is 4.97. The van der Waals surface area contributed by atoms with E-state index in [1.54, 1.807) is 16.8 Å². The summed E-state index contributed by atoms with van der Waals surface area (Å²) in [6.07, 6.45) is 0.934. The van der Waals surface area contributed by atoms with Crippen LogP contribution in [0.15, 0.2) is 0 Å². The van der Waals surface area contributed by atoms with Gasteiger partial charge in [0, 0.05) is 33.1 Å². The first-order valence-electron chi connectivity index (χ1n) is 6.13. The van der Waals surface area contributed by atoms with Crippen LogP contribution in [-0.4, -0.2) is 61.4 Å². The van der Waals surface area contributed by atoms with E-state index in [-0.39, 0.29) is 36.0 Å². The minimum Gasteiger partial charge on any atom is -0.469 e. The number of rotatable bonds is 2. The van der Waals surface area contributed by atoms with Crippen LogP contribution >= 0.6 is 0 Å². The summed E-state index contributed by atoms with van der Waals surface area (Å²) in [6.45, 7) is 1.48. The molecule has 0 saturated carbocycles. The highest BCUT2D eigenvalue weighted by Gasteiger charge is 2.38. The zero-order valence-corrected chi connectivity index (χ0v) is 10.7. The maximum atomic E-state index is 12.2. The van der Waals surface area contributed by atoms with Gasteiger partial charge in [-0.2, -0.15) is 0 Å². The van der Waals surface area contributed by atoms with Crippen LogP contribution in [0.3, 0.4) is 0 Å². The van der Waals surface area contributed by atoms with Gasteiger partial charge < -0.3 is 14.5 Å². The second kappa shape index (κ2) is 4.96. The number of hydrogen-bond donors (Lipinski definition) is 0. The summed E-state index contributed by atoms with van der Waals surface area (Å²) in [5, 5.41) is 0. The largest absolute Gasteiger partial charge is 0.469 e. The Balaban J connectivity index is 1.92. The Labute approximate surface area is 106 Å². The van der Waals surface area contributed by atoms with Gasteiger partial charge in [0.2, 0.25) is 11.8 Å². The molecule has 2 fully saturated rings. The lowest BCUT2D eigenvalue weighted by atomic mass is 10.1. The van der Waals surface area contributed by atoms with Crippen molar-refractivity contribution in [3.8, 4) is 0 Å². The van der Waals surface area contributed by atoms with Crippen LogP contribution in [0.25, 0.3) is 0 Å². The fraction of sp³-hybridized carbons (Fsp3) is 0.750. The van der Waals surface area contributed by atoms with Crippen molar-refractivity contribution in [1.82, 2.24) is 9.80 Å². The zero-order chi connectivity index (χ0) is 13.3. The van der Waals surface area contributed by atoms with Crippen LogP contribution in [0.5, 0.6) is 0 Å². The first kappa shape index (κ1) is 12.9. The summed E-state index contributed by atoms with van der Waals surface area (Å²) in [6, 6.07) is 0. The highest BCUT2D eigenvalue weighted by Crippen LogP contribution is 2.24. The Morgan fingerprint density at radius 3 is 2.56 bits per heavy atom. The molecule has 100 valence electrons. The van der Waals surface area contributed by atoms with Crippen LogP contribution in [-0.2, 0) is 19.1 Å². The zero-order valence-electron chi connectivity index (χ0n) is 10.7. The van der Waals surface area contributed by atoms with E-state index in [1.165, 1.54) is 7.11 Å². The molecule has 0 spiro atoms. The summed E-state index contributed by atoms with van der Waals surface area (Å²) in [4.78, 5) is 38.2. The molecule has 0 N–H and O–H groups in total. The lowest BCUT2D eigenvalue weighted by molar-refractivity contribution is -0.145. The summed E-state index contributed by atoms with van der Waals surface area (Å²) in [7, 11) is 3.06. The Morgan fingerprint density at radius 2 is 2.00 bits per heavy atom. The standard InChI is InChI=1S/C12H18N2O4/c1-13-6-9(5-10(13)15)11(16)14-4-3-8(7-14)12(17)18-2/h8-9H,3-7H2,1-2H3. The van der Waals surface area contributed by atoms with E-state index in [0.717, 1.165) is 0 Å². The Morgan fingerprint density at radius 1 is 1.28 bits per heavy atom. The second-order valence-corrected chi connectivity index (χ2v) is 4.97. The molecule has 18 heavy (non-hydrogen) atoms. The van der Waals surface area contributed by atoms with Crippen molar-refractivity contribution in [2.45, 2.75) is 12.8 Å². The third-order valence-electron chi connectivity index (χ3n) is 3.72. The molecular formula is C12H18N2O4. The molecule has 0 radical (unpaired) electrons. The number of nitrogens with zero attached hydrogens (tertiary/aromatic N) is 2. The molecule has 2 unspecified atom stereocenters. The molecule has 2 heterocycles. The predicted molar refractivity (Wildman–Crippen MR) is 62.4 cm³/mol. The minimum absolute atomic E-state index is 0.0112. The average Bonchev–Trinajstić information content (AvgIpc) is 2.96. The van der Waals surface area contributed by atoms with Gasteiger partial charge in [0.25, 0.3) is 0 Å². The molecule has 0 bridgehead atoms. The van der Waals surface area contributed by atoms with E-state index in [0.29, 0.717) is 26.1 Å². The van der Waals surface area contributed by atoms with Gasteiger partial charge in [0.05, 0.1) is 18.9 Å². The number of methoxy groups -OCH3 is 1. The van der Waals surface area contributed by atoms with Crippen LogP contribution in [0, 0.1) is 11.8 Å². The van der Waals surface area contributed by atoms with Crippen molar-refractivity contribution in [1.29, 1.82) is 0 Å². The number of ether oxygens (including phenoxy) is 1. The molecular weight excluding hydrogens is 236 g/mol. The molecule has 6 heteroatoms. The first-order valence-corrected chi connectivity index (χ1v) is 6.13. The lowest BCUT2D eigenvalue weighted by Gasteiger charge is -2.19. The number of amides is 2. The average molecular weight is 254 g/mol. The molecule has 2 aliphatic rings. The number of hydrogen-bond acceptors (Lipinski definition) is 4. The van der Waals surface area contributed by atoms with Crippen LogP contribution in [0.4, 0.5) is 0 Å². The number of carbonyl (C=O) groups is 3. The van der Waals surface area contributed by atoms with Gasteiger partial charge in [0.15, 0.2) is 0 Å². The van der Waals surface area contributed by atoms with E-state index in [2.05, 4.69) is 4.74 Å². The normalized spacial score (nSPS) is 27.8. The maximum Gasteiger partial charge on any atom is 0.310 e. The topological polar surface area (TPSA) is 66.9 Å². The lowest BCUT2D eigenvalue weighted by Crippen LogP contribution is -2.36. The van der Waals surface area contributed by atoms with Crippen LogP contribution < -0.4 is 0 Å². The molecule has 2 rings (SSSR count). The summed E-state index contributed by atoms with van der Waals surface area (Å²) in [5.74, 6) is -0.728. The predicted octanol–water partition coefficient (Wildman–Crippen LogP) is -0.514. The van der Waals surface area contributed by atoms with Crippen molar-refractivity contribution in [2.24, 2.45) is 11.8 Å². The number of carbonyl (C=O) groups excluding carboxylic acids is 3. The van der Waals surface area contributed by atoms with E-state index >= 15 is 0 Å². The Bertz CT molecular complexity index is 382. The van der Waals surface area contributed by atoms with Crippen LogP contribution in [0.2, 0.25) is 0 Å². The van der Waals surface area contributed by atoms with Gasteiger partial charge in [-0.1, -0.05) is 0 Å². The monoisotopic (exact) mass is 254 g/mol.